The van der Waals surface area contributed by atoms with E-state index in [1.807, 2.05) is 25.1 Å². The van der Waals surface area contributed by atoms with Crippen LogP contribution in [-0.2, 0) is 14.3 Å². The van der Waals surface area contributed by atoms with E-state index in [9.17, 15) is 9.59 Å². The highest BCUT2D eigenvalue weighted by atomic mass is 32.2. The number of carbonyl (C=O) groups is 2. The zero-order valence-electron chi connectivity index (χ0n) is 15.5. The van der Waals surface area contributed by atoms with Crippen LogP contribution < -0.4 is 26.4 Å². The summed E-state index contributed by atoms with van der Waals surface area (Å²) in [6.45, 7) is 4.60. The first-order chi connectivity index (χ1) is 13.0. The van der Waals surface area contributed by atoms with Gasteiger partial charge in [0.05, 0.1) is 22.8 Å². The number of carbonyl (C=O) groups excluding carboxylic acids is 2. The number of hydrazine groups is 1. The minimum absolute atomic E-state index is 0.0184. The number of hydrogen-bond donors (Lipinski definition) is 3. The van der Waals surface area contributed by atoms with Gasteiger partial charge in [-0.3, -0.25) is 9.59 Å². The molecule has 2 amide bonds. The Kier molecular flexibility index (Phi) is 5.13. The van der Waals surface area contributed by atoms with Crippen molar-refractivity contribution in [2.45, 2.75) is 49.7 Å². The van der Waals surface area contributed by atoms with Crippen molar-refractivity contribution in [3.8, 4) is 0 Å². The molecule has 0 saturated carbocycles. The first-order valence-corrected chi connectivity index (χ1v) is 10.2. The lowest BCUT2D eigenvalue weighted by Gasteiger charge is -2.41. The van der Waals surface area contributed by atoms with Gasteiger partial charge in [-0.1, -0.05) is 6.07 Å². The number of rotatable bonds is 2. The number of thioether (sulfide) groups is 1. The van der Waals surface area contributed by atoms with Crippen LogP contribution in [-0.4, -0.2) is 42.6 Å². The molecule has 0 bridgehead atoms. The molecule has 3 aliphatic rings. The lowest BCUT2D eigenvalue weighted by molar-refractivity contribution is -0.127. The summed E-state index contributed by atoms with van der Waals surface area (Å²) in [7, 11) is 0. The monoisotopic (exact) mass is 391 g/mol. The third kappa shape index (κ3) is 3.45. The molecule has 8 nitrogen and oxygen atoms in total. The second-order valence-electron chi connectivity index (χ2n) is 7.16. The van der Waals surface area contributed by atoms with Crippen molar-refractivity contribution < 1.29 is 14.3 Å². The van der Waals surface area contributed by atoms with Crippen LogP contribution >= 0.6 is 11.8 Å². The number of ether oxygens (including phenoxy) is 1. The van der Waals surface area contributed by atoms with Crippen molar-refractivity contribution in [1.29, 1.82) is 0 Å². The van der Waals surface area contributed by atoms with Gasteiger partial charge in [-0.05, 0) is 37.5 Å². The standard InChI is InChI=1S/C18H25N5O3S/c1-10-9-22(17(25)15-4-3-7-26-15)14-8-12(16-20-21-18(19)27-16)5-6-13(14)23(10)11(2)24/h5-6,8,10,15-16,18,20-21H,3-4,7,9,19H2,1-2H3/t10-,15?,16?,18?/m0/s1. The second-order valence-corrected chi connectivity index (χ2v) is 8.41. The Morgan fingerprint density at radius 1 is 1.30 bits per heavy atom. The quantitative estimate of drug-likeness (QED) is 0.692. The van der Waals surface area contributed by atoms with Gasteiger partial charge in [0.2, 0.25) is 5.91 Å². The number of fused-ring (bicyclic) bond motifs is 1. The second kappa shape index (κ2) is 7.40. The molecule has 3 unspecified atom stereocenters. The summed E-state index contributed by atoms with van der Waals surface area (Å²) in [6.07, 6.45) is 1.25. The molecule has 3 heterocycles. The van der Waals surface area contributed by atoms with Crippen LogP contribution in [0.1, 0.15) is 37.6 Å². The fourth-order valence-corrected chi connectivity index (χ4v) is 4.84. The molecular weight excluding hydrogens is 366 g/mol. The molecule has 2 saturated heterocycles. The molecule has 0 aliphatic carbocycles. The Bertz CT molecular complexity index is 755. The molecule has 27 heavy (non-hydrogen) atoms. The number of anilines is 2. The molecule has 4 rings (SSSR count). The summed E-state index contributed by atoms with van der Waals surface area (Å²) < 4.78 is 5.62. The van der Waals surface area contributed by atoms with Gasteiger partial charge in [-0.25, -0.2) is 10.9 Å². The molecule has 4 atom stereocenters. The predicted octanol–water partition coefficient (Wildman–Crippen LogP) is 1.04. The highest BCUT2D eigenvalue weighted by molar-refractivity contribution is 8.00. The predicted molar refractivity (Wildman–Crippen MR) is 105 cm³/mol. The van der Waals surface area contributed by atoms with E-state index in [0.29, 0.717) is 13.2 Å². The van der Waals surface area contributed by atoms with Crippen LogP contribution in [0.15, 0.2) is 18.2 Å². The van der Waals surface area contributed by atoms with Gasteiger partial charge < -0.3 is 20.3 Å². The number of hydrogen-bond acceptors (Lipinski definition) is 7. The minimum Gasteiger partial charge on any atom is -0.368 e. The maximum atomic E-state index is 13.1. The van der Waals surface area contributed by atoms with E-state index in [2.05, 4.69) is 10.9 Å². The number of nitrogens with zero attached hydrogens (tertiary/aromatic N) is 2. The maximum Gasteiger partial charge on any atom is 0.256 e. The summed E-state index contributed by atoms with van der Waals surface area (Å²) in [5.41, 5.74) is 14.4. The molecule has 3 aliphatic heterocycles. The van der Waals surface area contributed by atoms with Gasteiger partial charge in [0.15, 0.2) is 0 Å². The maximum absolute atomic E-state index is 13.1. The van der Waals surface area contributed by atoms with Crippen LogP contribution in [0.2, 0.25) is 0 Å². The van der Waals surface area contributed by atoms with Crippen LogP contribution in [0.5, 0.6) is 0 Å². The molecule has 0 spiro atoms. The van der Waals surface area contributed by atoms with E-state index >= 15 is 0 Å². The van der Waals surface area contributed by atoms with Crippen molar-refractivity contribution in [3.63, 3.8) is 0 Å². The van der Waals surface area contributed by atoms with Gasteiger partial charge in [-0.15, -0.1) is 11.8 Å². The van der Waals surface area contributed by atoms with E-state index in [-0.39, 0.29) is 28.7 Å². The van der Waals surface area contributed by atoms with E-state index in [0.717, 1.165) is 29.8 Å². The Morgan fingerprint density at radius 3 is 2.74 bits per heavy atom. The fourth-order valence-electron chi connectivity index (χ4n) is 3.97. The topological polar surface area (TPSA) is 99.9 Å². The number of amides is 2. The largest absolute Gasteiger partial charge is 0.368 e. The highest BCUT2D eigenvalue weighted by Gasteiger charge is 2.38. The minimum atomic E-state index is -0.397. The third-order valence-electron chi connectivity index (χ3n) is 5.19. The van der Waals surface area contributed by atoms with E-state index < -0.39 is 6.10 Å². The first kappa shape index (κ1) is 18.7. The Balaban J connectivity index is 1.73. The zero-order valence-corrected chi connectivity index (χ0v) is 16.3. The first-order valence-electron chi connectivity index (χ1n) is 9.24. The van der Waals surface area contributed by atoms with Crippen molar-refractivity contribution in [2.24, 2.45) is 5.73 Å². The number of nitrogens with two attached hydrogens (primary N) is 1. The molecule has 9 heteroatoms. The third-order valence-corrected chi connectivity index (χ3v) is 6.26. The molecule has 0 aromatic heterocycles. The Labute approximate surface area is 162 Å². The number of nitrogens with one attached hydrogen (secondary N) is 2. The highest BCUT2D eigenvalue weighted by Crippen LogP contribution is 2.41. The summed E-state index contributed by atoms with van der Waals surface area (Å²) in [4.78, 5) is 28.9. The van der Waals surface area contributed by atoms with Crippen LogP contribution in [0.25, 0.3) is 0 Å². The normalized spacial score (nSPS) is 30.5. The van der Waals surface area contributed by atoms with Crippen LogP contribution in [0.3, 0.4) is 0 Å². The van der Waals surface area contributed by atoms with Gasteiger partial charge in [-0.2, -0.15) is 0 Å². The van der Waals surface area contributed by atoms with Crippen molar-refractivity contribution in [2.75, 3.05) is 23.0 Å². The molecule has 1 aromatic rings. The van der Waals surface area contributed by atoms with Crippen molar-refractivity contribution in [3.05, 3.63) is 23.8 Å². The van der Waals surface area contributed by atoms with E-state index in [1.54, 1.807) is 28.5 Å². The fraction of sp³-hybridized carbons (Fsp3) is 0.556. The lowest BCUT2D eigenvalue weighted by Crippen LogP contribution is -2.53. The summed E-state index contributed by atoms with van der Waals surface area (Å²) in [6, 6.07) is 5.78. The molecule has 146 valence electrons. The van der Waals surface area contributed by atoms with Gasteiger partial charge >= 0.3 is 0 Å². The van der Waals surface area contributed by atoms with Gasteiger partial charge in [0.25, 0.3) is 5.91 Å². The lowest BCUT2D eigenvalue weighted by atomic mass is 10.0. The van der Waals surface area contributed by atoms with Gasteiger partial charge in [0.1, 0.15) is 11.6 Å². The molecular formula is C18H25N5O3S. The van der Waals surface area contributed by atoms with E-state index in [1.165, 1.54) is 0 Å². The van der Waals surface area contributed by atoms with Crippen LogP contribution in [0.4, 0.5) is 11.4 Å². The molecule has 0 radical (unpaired) electrons. The molecule has 2 fully saturated rings. The zero-order chi connectivity index (χ0) is 19.1. The van der Waals surface area contributed by atoms with Crippen molar-refractivity contribution >= 4 is 35.0 Å². The molecule has 4 N–H and O–H groups in total. The summed E-state index contributed by atoms with van der Waals surface area (Å²) >= 11 is 1.56. The van der Waals surface area contributed by atoms with Gasteiger partial charge in [0, 0.05) is 20.1 Å². The average Bonchev–Trinajstić information content (AvgIpc) is 3.31. The Hall–Kier alpha value is -1.65. The van der Waals surface area contributed by atoms with Crippen molar-refractivity contribution in [1.82, 2.24) is 10.9 Å². The average molecular weight is 391 g/mol. The molecule has 1 aromatic carbocycles. The SMILES string of the molecule is CC(=O)N1c2ccc(C3NNC(N)S3)cc2N(C(=O)C2CCCO2)C[C@@H]1C. The number of benzene rings is 1. The van der Waals surface area contributed by atoms with E-state index in [4.69, 9.17) is 10.5 Å². The summed E-state index contributed by atoms with van der Waals surface area (Å²) in [5, 5.41) is -0.0184. The summed E-state index contributed by atoms with van der Waals surface area (Å²) in [5.74, 6) is -0.0550. The van der Waals surface area contributed by atoms with Crippen LogP contribution in [0, 0.1) is 0 Å². The Morgan fingerprint density at radius 2 is 2.11 bits per heavy atom. The smallest absolute Gasteiger partial charge is 0.256 e.